The minimum absolute atomic E-state index is 0.0176. The van der Waals surface area contributed by atoms with Crippen LogP contribution in [0.25, 0.3) is 0 Å². The predicted octanol–water partition coefficient (Wildman–Crippen LogP) is 1.51. The van der Waals surface area contributed by atoms with Crippen molar-refractivity contribution >= 4 is 5.91 Å². The van der Waals surface area contributed by atoms with Crippen molar-refractivity contribution in [2.75, 3.05) is 26.2 Å². The van der Waals surface area contributed by atoms with Crippen molar-refractivity contribution in [3.8, 4) is 6.07 Å². The van der Waals surface area contributed by atoms with E-state index in [4.69, 9.17) is 5.26 Å². The molecule has 0 radical (unpaired) electrons. The Balaban J connectivity index is 1.76. The fraction of sp³-hybridized carbons (Fsp3) is 0.467. The van der Waals surface area contributed by atoms with Crippen molar-refractivity contribution in [2.24, 2.45) is 0 Å². The van der Waals surface area contributed by atoms with E-state index in [1.165, 1.54) is 5.56 Å². The molecule has 1 aromatic rings. The second kappa shape index (κ2) is 6.91. The molecule has 1 aliphatic rings. The minimum Gasteiger partial charge on any atom is -0.354 e. The summed E-state index contributed by atoms with van der Waals surface area (Å²) >= 11 is 0. The molecule has 2 rings (SSSR count). The van der Waals surface area contributed by atoms with Gasteiger partial charge in [-0.05, 0) is 24.4 Å². The smallest absolute Gasteiger partial charge is 0.234 e. The summed E-state index contributed by atoms with van der Waals surface area (Å²) in [5.41, 5.74) is 1.36. The molecule has 0 aliphatic carbocycles. The van der Waals surface area contributed by atoms with Crippen LogP contribution in [0.1, 0.15) is 24.3 Å². The summed E-state index contributed by atoms with van der Waals surface area (Å²) in [5, 5.41) is 11.2. The van der Waals surface area contributed by atoms with E-state index in [1.807, 2.05) is 12.1 Å². The maximum atomic E-state index is 11.7. The molecular formula is C15H19N3O. The molecule has 1 aliphatic heterocycles. The lowest BCUT2D eigenvalue weighted by Gasteiger charge is -2.15. The van der Waals surface area contributed by atoms with Gasteiger partial charge in [-0.25, -0.2) is 0 Å². The highest BCUT2D eigenvalue weighted by atomic mass is 16.2. The SMILES string of the molecule is N#CCCNC(=O)CN1CC[C@H](c2ccccc2)C1. The molecule has 0 aromatic heterocycles. The number of likely N-dealkylation sites (tertiary alicyclic amines) is 1. The van der Waals surface area contributed by atoms with Gasteiger partial charge in [0.15, 0.2) is 0 Å². The molecule has 0 spiro atoms. The average Bonchev–Trinajstić information content (AvgIpc) is 2.88. The normalized spacial score (nSPS) is 19.0. The Morgan fingerprint density at radius 1 is 1.42 bits per heavy atom. The summed E-state index contributed by atoms with van der Waals surface area (Å²) in [6, 6.07) is 12.5. The molecule has 19 heavy (non-hydrogen) atoms. The summed E-state index contributed by atoms with van der Waals surface area (Å²) in [7, 11) is 0. The number of benzene rings is 1. The molecule has 100 valence electrons. The average molecular weight is 257 g/mol. The fourth-order valence-electron chi connectivity index (χ4n) is 2.49. The molecule has 1 saturated heterocycles. The number of nitriles is 1. The van der Waals surface area contributed by atoms with E-state index in [1.54, 1.807) is 0 Å². The Morgan fingerprint density at radius 3 is 2.95 bits per heavy atom. The third-order valence-corrected chi connectivity index (χ3v) is 3.47. The zero-order chi connectivity index (χ0) is 13.5. The number of nitrogens with one attached hydrogen (secondary N) is 1. The number of nitrogens with zero attached hydrogens (tertiary/aromatic N) is 2. The van der Waals surface area contributed by atoms with Gasteiger partial charge in [-0.3, -0.25) is 9.69 Å². The van der Waals surface area contributed by atoms with Gasteiger partial charge >= 0.3 is 0 Å². The number of amides is 1. The molecule has 0 bridgehead atoms. The summed E-state index contributed by atoms with van der Waals surface area (Å²) in [4.78, 5) is 13.8. The molecule has 0 saturated carbocycles. The Hall–Kier alpha value is -1.86. The maximum absolute atomic E-state index is 11.7. The highest BCUT2D eigenvalue weighted by Gasteiger charge is 2.24. The first-order valence-electron chi connectivity index (χ1n) is 6.70. The van der Waals surface area contributed by atoms with Crippen LogP contribution in [0.2, 0.25) is 0 Å². The van der Waals surface area contributed by atoms with Crippen molar-refractivity contribution in [1.82, 2.24) is 10.2 Å². The van der Waals surface area contributed by atoms with E-state index in [2.05, 4.69) is 34.5 Å². The standard InChI is InChI=1S/C15H19N3O/c16-8-4-9-17-15(19)12-18-10-7-14(11-18)13-5-2-1-3-6-13/h1-3,5-6,14H,4,7,9-12H2,(H,17,19)/t14-/m0/s1. The molecule has 4 nitrogen and oxygen atoms in total. The van der Waals surface area contributed by atoms with Crippen LogP contribution in [0.4, 0.5) is 0 Å². The van der Waals surface area contributed by atoms with E-state index >= 15 is 0 Å². The summed E-state index contributed by atoms with van der Waals surface area (Å²) in [6.07, 6.45) is 1.48. The van der Waals surface area contributed by atoms with E-state index in [0.717, 1.165) is 19.5 Å². The Bertz CT molecular complexity index is 452. The molecule has 1 aromatic carbocycles. The number of hydrogen-bond acceptors (Lipinski definition) is 3. The quantitative estimate of drug-likeness (QED) is 0.813. The molecule has 1 N–H and O–H groups in total. The minimum atomic E-state index is 0.0176. The molecule has 1 fully saturated rings. The zero-order valence-corrected chi connectivity index (χ0v) is 11.0. The van der Waals surface area contributed by atoms with Gasteiger partial charge < -0.3 is 5.32 Å². The lowest BCUT2D eigenvalue weighted by atomic mass is 9.99. The summed E-state index contributed by atoms with van der Waals surface area (Å²) in [6.45, 7) is 2.79. The van der Waals surface area contributed by atoms with Gasteiger partial charge in [0.05, 0.1) is 19.0 Å². The topological polar surface area (TPSA) is 56.1 Å². The van der Waals surface area contributed by atoms with E-state index in [-0.39, 0.29) is 5.91 Å². The van der Waals surface area contributed by atoms with Crippen molar-refractivity contribution in [1.29, 1.82) is 5.26 Å². The van der Waals surface area contributed by atoms with Crippen LogP contribution in [-0.2, 0) is 4.79 Å². The lowest BCUT2D eigenvalue weighted by molar-refractivity contribution is -0.121. The second-order valence-electron chi connectivity index (χ2n) is 4.89. The van der Waals surface area contributed by atoms with Crippen LogP contribution < -0.4 is 5.32 Å². The van der Waals surface area contributed by atoms with Gasteiger partial charge in [0.2, 0.25) is 5.91 Å². The van der Waals surface area contributed by atoms with Crippen molar-refractivity contribution in [3.63, 3.8) is 0 Å². The Morgan fingerprint density at radius 2 is 2.21 bits per heavy atom. The number of carbonyl (C=O) groups is 1. The number of hydrogen-bond donors (Lipinski definition) is 1. The van der Waals surface area contributed by atoms with Crippen LogP contribution in [0.15, 0.2) is 30.3 Å². The monoisotopic (exact) mass is 257 g/mol. The van der Waals surface area contributed by atoms with Gasteiger partial charge in [-0.2, -0.15) is 5.26 Å². The highest BCUT2D eigenvalue weighted by molar-refractivity contribution is 5.78. The Kier molecular flexibility index (Phi) is 4.93. The maximum Gasteiger partial charge on any atom is 0.234 e. The first-order chi connectivity index (χ1) is 9.29. The van der Waals surface area contributed by atoms with Crippen LogP contribution >= 0.6 is 0 Å². The van der Waals surface area contributed by atoms with Crippen LogP contribution in [0, 0.1) is 11.3 Å². The first-order valence-corrected chi connectivity index (χ1v) is 6.70. The highest BCUT2D eigenvalue weighted by Crippen LogP contribution is 2.26. The molecule has 1 heterocycles. The fourth-order valence-corrected chi connectivity index (χ4v) is 2.49. The predicted molar refractivity (Wildman–Crippen MR) is 73.5 cm³/mol. The number of rotatable bonds is 5. The van der Waals surface area contributed by atoms with Crippen LogP contribution in [0.5, 0.6) is 0 Å². The third-order valence-electron chi connectivity index (χ3n) is 3.47. The van der Waals surface area contributed by atoms with Gasteiger partial charge in [0, 0.05) is 13.1 Å². The molecule has 1 atom stereocenters. The van der Waals surface area contributed by atoms with Crippen molar-refractivity contribution < 1.29 is 4.79 Å². The van der Waals surface area contributed by atoms with Gasteiger partial charge in [-0.1, -0.05) is 30.3 Å². The molecular weight excluding hydrogens is 238 g/mol. The largest absolute Gasteiger partial charge is 0.354 e. The number of carbonyl (C=O) groups excluding carboxylic acids is 1. The van der Waals surface area contributed by atoms with Crippen molar-refractivity contribution in [3.05, 3.63) is 35.9 Å². The zero-order valence-electron chi connectivity index (χ0n) is 11.0. The van der Waals surface area contributed by atoms with Gasteiger partial charge in [0.1, 0.15) is 0 Å². The van der Waals surface area contributed by atoms with Gasteiger partial charge in [-0.15, -0.1) is 0 Å². The van der Waals surface area contributed by atoms with E-state index in [9.17, 15) is 4.79 Å². The lowest BCUT2D eigenvalue weighted by Crippen LogP contribution is -2.36. The Labute approximate surface area is 114 Å². The first kappa shape index (κ1) is 13.6. The van der Waals surface area contributed by atoms with E-state index < -0.39 is 0 Å². The second-order valence-corrected chi connectivity index (χ2v) is 4.89. The van der Waals surface area contributed by atoms with Crippen LogP contribution in [-0.4, -0.2) is 37.0 Å². The molecule has 4 heteroatoms. The van der Waals surface area contributed by atoms with E-state index in [0.29, 0.717) is 25.4 Å². The third kappa shape index (κ3) is 4.08. The van der Waals surface area contributed by atoms with Crippen molar-refractivity contribution in [2.45, 2.75) is 18.8 Å². The summed E-state index contributed by atoms with van der Waals surface area (Å²) in [5.74, 6) is 0.553. The summed E-state index contributed by atoms with van der Waals surface area (Å²) < 4.78 is 0. The van der Waals surface area contributed by atoms with Gasteiger partial charge in [0.25, 0.3) is 0 Å². The molecule has 0 unspecified atom stereocenters. The molecule has 1 amide bonds. The van der Waals surface area contributed by atoms with Crippen LogP contribution in [0.3, 0.4) is 0 Å².